The van der Waals surface area contributed by atoms with Crippen LogP contribution in [0.25, 0.3) is 0 Å². The molecule has 0 radical (unpaired) electrons. The summed E-state index contributed by atoms with van der Waals surface area (Å²) in [5.41, 5.74) is 3.70. The summed E-state index contributed by atoms with van der Waals surface area (Å²) < 4.78 is 0. The van der Waals surface area contributed by atoms with Crippen LogP contribution < -0.4 is 0 Å². The Kier molecular flexibility index (Phi) is 4.04. The fourth-order valence-electron chi connectivity index (χ4n) is 2.73. The van der Waals surface area contributed by atoms with Crippen LogP contribution in [0, 0.1) is 13.8 Å². The van der Waals surface area contributed by atoms with Gasteiger partial charge < -0.3 is 0 Å². The van der Waals surface area contributed by atoms with Crippen LogP contribution in [0.15, 0.2) is 6.20 Å². The summed E-state index contributed by atoms with van der Waals surface area (Å²) in [4.78, 5) is 17.6. The molecule has 1 aliphatic rings. The first-order valence-electron chi connectivity index (χ1n) is 7.53. The number of rotatable bonds is 3. The first-order chi connectivity index (χ1) is 10.0. The lowest BCUT2D eigenvalue weighted by molar-refractivity contribution is 0.244. The molecule has 2 aromatic heterocycles. The molecule has 2 aromatic rings. The Morgan fingerprint density at radius 1 is 1.29 bits per heavy atom. The average Bonchev–Trinajstić information content (AvgIpc) is 2.76. The fraction of sp³-hybridized carbons (Fsp3) is 0.562. The highest BCUT2D eigenvalue weighted by Crippen LogP contribution is 2.24. The van der Waals surface area contributed by atoms with Gasteiger partial charge in [-0.05, 0) is 13.8 Å². The van der Waals surface area contributed by atoms with Gasteiger partial charge in [0, 0.05) is 54.3 Å². The molecule has 0 fully saturated rings. The van der Waals surface area contributed by atoms with Crippen molar-refractivity contribution >= 4 is 11.3 Å². The summed E-state index contributed by atoms with van der Waals surface area (Å²) >= 11 is 1.81. The molecule has 5 heteroatoms. The summed E-state index contributed by atoms with van der Waals surface area (Å²) in [6, 6.07) is 0. The summed E-state index contributed by atoms with van der Waals surface area (Å²) in [5, 5.41) is 1.16. The van der Waals surface area contributed by atoms with Crippen molar-refractivity contribution in [3.05, 3.63) is 38.9 Å². The highest BCUT2D eigenvalue weighted by molar-refractivity contribution is 7.11. The molecule has 0 N–H and O–H groups in total. The van der Waals surface area contributed by atoms with E-state index in [4.69, 9.17) is 4.98 Å². The largest absolute Gasteiger partial charge is 0.293 e. The van der Waals surface area contributed by atoms with E-state index < -0.39 is 0 Å². The van der Waals surface area contributed by atoms with Gasteiger partial charge in [-0.25, -0.2) is 15.0 Å². The molecule has 0 aromatic carbocycles. The van der Waals surface area contributed by atoms with E-state index in [1.165, 1.54) is 21.8 Å². The van der Waals surface area contributed by atoms with Crippen molar-refractivity contribution in [2.45, 2.75) is 53.1 Å². The SMILES string of the molecule is Cc1nc(C)c(CN2CCc3nc(C(C)C)ncc3C2)s1. The molecule has 1 aliphatic heterocycles. The normalized spacial score (nSPS) is 15.5. The predicted octanol–water partition coefficient (Wildman–Crippen LogP) is 3.23. The number of hydrogen-bond acceptors (Lipinski definition) is 5. The maximum atomic E-state index is 4.73. The van der Waals surface area contributed by atoms with Crippen LogP contribution >= 0.6 is 11.3 Å². The second-order valence-corrected chi connectivity index (χ2v) is 7.34. The maximum absolute atomic E-state index is 4.73. The lowest BCUT2D eigenvalue weighted by Gasteiger charge is -2.27. The summed E-state index contributed by atoms with van der Waals surface area (Å²) in [5.74, 6) is 1.37. The van der Waals surface area contributed by atoms with Crippen molar-refractivity contribution in [1.82, 2.24) is 19.9 Å². The molecule has 3 rings (SSSR count). The standard InChI is InChI=1S/C16H22N4S/c1-10(2)16-17-7-13-8-20(6-5-14(13)19-16)9-15-11(3)18-12(4)21-15/h7,10H,5-6,8-9H2,1-4H3. The van der Waals surface area contributed by atoms with Gasteiger partial charge in [-0.3, -0.25) is 4.90 Å². The average molecular weight is 302 g/mol. The second-order valence-electron chi connectivity index (χ2n) is 6.06. The van der Waals surface area contributed by atoms with Crippen molar-refractivity contribution in [2.75, 3.05) is 6.54 Å². The Balaban J connectivity index is 1.74. The Hall–Kier alpha value is -1.33. The molecular weight excluding hydrogens is 280 g/mol. The molecule has 0 amide bonds. The van der Waals surface area contributed by atoms with Gasteiger partial charge in [0.1, 0.15) is 5.82 Å². The van der Waals surface area contributed by atoms with E-state index in [9.17, 15) is 0 Å². The first kappa shape index (κ1) is 14.6. The minimum absolute atomic E-state index is 0.399. The smallest absolute Gasteiger partial charge is 0.131 e. The Labute approximate surface area is 130 Å². The summed E-state index contributed by atoms with van der Waals surface area (Å²) in [6.07, 6.45) is 3.04. The van der Waals surface area contributed by atoms with E-state index in [1.807, 2.05) is 17.5 Å². The van der Waals surface area contributed by atoms with Crippen LogP contribution in [0.3, 0.4) is 0 Å². The number of thiazole rings is 1. The molecule has 21 heavy (non-hydrogen) atoms. The topological polar surface area (TPSA) is 41.9 Å². The van der Waals surface area contributed by atoms with E-state index >= 15 is 0 Å². The van der Waals surface area contributed by atoms with Crippen LogP contribution in [0.5, 0.6) is 0 Å². The van der Waals surface area contributed by atoms with Crippen molar-refractivity contribution in [3.63, 3.8) is 0 Å². The van der Waals surface area contributed by atoms with E-state index in [0.29, 0.717) is 5.92 Å². The summed E-state index contributed by atoms with van der Waals surface area (Å²) in [6.45, 7) is 11.5. The number of hydrogen-bond donors (Lipinski definition) is 0. The Morgan fingerprint density at radius 2 is 2.10 bits per heavy atom. The minimum Gasteiger partial charge on any atom is -0.293 e. The first-order valence-corrected chi connectivity index (χ1v) is 8.34. The monoisotopic (exact) mass is 302 g/mol. The van der Waals surface area contributed by atoms with Gasteiger partial charge in [0.15, 0.2) is 0 Å². The Morgan fingerprint density at radius 3 is 2.76 bits per heavy atom. The van der Waals surface area contributed by atoms with Gasteiger partial charge in [-0.15, -0.1) is 11.3 Å². The molecule has 0 unspecified atom stereocenters. The molecule has 3 heterocycles. The third-order valence-corrected chi connectivity index (χ3v) is 4.97. The minimum atomic E-state index is 0.399. The lowest BCUT2D eigenvalue weighted by Crippen LogP contribution is -2.31. The molecule has 112 valence electrons. The molecule has 0 bridgehead atoms. The zero-order valence-electron chi connectivity index (χ0n) is 13.2. The molecule has 4 nitrogen and oxygen atoms in total. The van der Waals surface area contributed by atoms with Gasteiger partial charge in [-0.1, -0.05) is 13.8 Å². The van der Waals surface area contributed by atoms with E-state index in [2.05, 4.69) is 42.6 Å². The molecule has 0 aliphatic carbocycles. The third kappa shape index (κ3) is 3.14. The fourth-order valence-corrected chi connectivity index (χ4v) is 3.71. The van der Waals surface area contributed by atoms with Crippen LogP contribution in [0.2, 0.25) is 0 Å². The number of nitrogens with zero attached hydrogens (tertiary/aromatic N) is 4. The van der Waals surface area contributed by atoms with Crippen molar-refractivity contribution < 1.29 is 0 Å². The maximum Gasteiger partial charge on any atom is 0.131 e. The third-order valence-electron chi connectivity index (χ3n) is 3.91. The van der Waals surface area contributed by atoms with Gasteiger partial charge in [-0.2, -0.15) is 0 Å². The van der Waals surface area contributed by atoms with E-state index in [-0.39, 0.29) is 0 Å². The summed E-state index contributed by atoms with van der Waals surface area (Å²) in [7, 11) is 0. The highest BCUT2D eigenvalue weighted by atomic mass is 32.1. The van der Waals surface area contributed by atoms with Crippen LogP contribution in [0.1, 0.15) is 52.4 Å². The number of aromatic nitrogens is 3. The molecule has 0 saturated heterocycles. The predicted molar refractivity (Wildman–Crippen MR) is 85.5 cm³/mol. The van der Waals surface area contributed by atoms with Crippen LogP contribution in [-0.2, 0) is 19.5 Å². The number of fused-ring (bicyclic) bond motifs is 1. The quantitative estimate of drug-likeness (QED) is 0.873. The van der Waals surface area contributed by atoms with Crippen molar-refractivity contribution in [1.29, 1.82) is 0 Å². The molecule has 0 spiro atoms. The van der Waals surface area contributed by atoms with Gasteiger partial charge in [0.05, 0.1) is 10.7 Å². The number of aryl methyl sites for hydroxylation is 2. The van der Waals surface area contributed by atoms with Crippen molar-refractivity contribution in [3.8, 4) is 0 Å². The molecular formula is C16H22N4S. The van der Waals surface area contributed by atoms with Crippen LogP contribution in [-0.4, -0.2) is 26.4 Å². The Bertz CT molecular complexity index is 648. The zero-order chi connectivity index (χ0) is 15.0. The van der Waals surface area contributed by atoms with Gasteiger partial charge in [0.2, 0.25) is 0 Å². The van der Waals surface area contributed by atoms with E-state index in [1.54, 1.807) is 0 Å². The van der Waals surface area contributed by atoms with Gasteiger partial charge >= 0.3 is 0 Å². The van der Waals surface area contributed by atoms with Gasteiger partial charge in [0.25, 0.3) is 0 Å². The highest BCUT2D eigenvalue weighted by Gasteiger charge is 2.20. The molecule has 0 saturated carbocycles. The zero-order valence-corrected chi connectivity index (χ0v) is 14.0. The van der Waals surface area contributed by atoms with Crippen molar-refractivity contribution in [2.24, 2.45) is 0 Å². The van der Waals surface area contributed by atoms with E-state index in [0.717, 1.165) is 36.9 Å². The van der Waals surface area contributed by atoms with Crippen LogP contribution in [0.4, 0.5) is 0 Å². The lowest BCUT2D eigenvalue weighted by atomic mass is 10.1. The molecule has 0 atom stereocenters. The second kappa shape index (κ2) is 5.81.